The molecule has 0 spiro atoms. The number of nitrogen functional groups attached to an aromatic ring is 2. The minimum absolute atomic E-state index is 0.00210. The molecule has 9 heteroatoms. The molecule has 0 saturated carbocycles. The van der Waals surface area contributed by atoms with Crippen LogP contribution in [-0.4, -0.2) is 9.85 Å². The van der Waals surface area contributed by atoms with Crippen LogP contribution in [0.2, 0.25) is 5.02 Å². The van der Waals surface area contributed by atoms with Gasteiger partial charge in [-0.2, -0.15) is 0 Å². The van der Waals surface area contributed by atoms with E-state index in [0.717, 1.165) is 39.8 Å². The van der Waals surface area contributed by atoms with E-state index in [1.54, 1.807) is 12.1 Å². The number of hydrogen-bond acceptors (Lipinski definition) is 6. The predicted molar refractivity (Wildman–Crippen MR) is 204 cm³/mol. The van der Waals surface area contributed by atoms with Gasteiger partial charge < -0.3 is 11.5 Å². The number of rotatable bonds is 8. The van der Waals surface area contributed by atoms with Crippen LogP contribution in [0.25, 0.3) is 0 Å². The summed E-state index contributed by atoms with van der Waals surface area (Å²) in [4.78, 5) is 22.2. The van der Waals surface area contributed by atoms with E-state index in [9.17, 15) is 20.2 Å². The molecule has 0 aliphatic carbocycles. The molecule has 0 radical (unpaired) electrons. The monoisotopic (exact) mass is 686 g/mol. The van der Waals surface area contributed by atoms with Crippen molar-refractivity contribution in [2.75, 3.05) is 11.5 Å². The molecule has 0 amide bonds. The Morgan fingerprint density at radius 1 is 0.653 bits per heavy atom. The molecule has 4 aromatic carbocycles. The molecule has 2 unspecified atom stereocenters. The second-order valence-corrected chi connectivity index (χ2v) is 16.2. The van der Waals surface area contributed by atoms with Crippen LogP contribution in [0, 0.1) is 25.6 Å². The molecule has 0 saturated heterocycles. The SMILES string of the molecule is CC(c1ccc(Cl)cc1)c1cc(C(C)(C)C)cc([N+](=O)[O-])c1N.CC(c1ccccc1)c1cc(C(C)(C)CC(C)(C)C)cc([N+](=O)[O-])c1N. The zero-order valence-corrected chi connectivity index (χ0v) is 31.2. The number of anilines is 2. The molecule has 0 aliphatic rings. The summed E-state index contributed by atoms with van der Waals surface area (Å²) in [5.74, 6) is -0.0754. The van der Waals surface area contributed by atoms with E-state index < -0.39 is 4.92 Å². The maximum atomic E-state index is 11.6. The molecule has 0 aromatic heterocycles. The number of nitro groups is 2. The van der Waals surface area contributed by atoms with Crippen molar-refractivity contribution < 1.29 is 9.85 Å². The molecular weight excluding hydrogens is 636 g/mol. The van der Waals surface area contributed by atoms with Gasteiger partial charge in [-0.25, -0.2) is 0 Å². The molecule has 49 heavy (non-hydrogen) atoms. The molecule has 262 valence electrons. The first-order valence-electron chi connectivity index (χ1n) is 16.5. The van der Waals surface area contributed by atoms with Crippen LogP contribution in [-0.2, 0) is 10.8 Å². The number of nitro benzene ring substituents is 2. The second-order valence-electron chi connectivity index (χ2n) is 15.8. The third-order valence-electron chi connectivity index (χ3n) is 9.00. The first kappa shape index (κ1) is 39.0. The topological polar surface area (TPSA) is 138 Å². The van der Waals surface area contributed by atoms with Crippen molar-refractivity contribution in [1.29, 1.82) is 0 Å². The Hall–Kier alpha value is -4.43. The summed E-state index contributed by atoms with van der Waals surface area (Å²) in [6, 6.07) is 24.7. The average molecular weight is 687 g/mol. The number of nitrogens with zero attached hydrogens (tertiary/aromatic N) is 2. The fourth-order valence-corrected chi connectivity index (χ4v) is 6.57. The first-order valence-corrected chi connectivity index (χ1v) is 16.9. The van der Waals surface area contributed by atoms with E-state index >= 15 is 0 Å². The second kappa shape index (κ2) is 15.0. The van der Waals surface area contributed by atoms with Crippen LogP contribution in [0.1, 0.15) is 121 Å². The number of nitrogens with two attached hydrogens (primary N) is 2. The third kappa shape index (κ3) is 9.82. The molecule has 0 aliphatic heterocycles. The number of hydrogen-bond donors (Lipinski definition) is 2. The molecule has 4 aromatic rings. The van der Waals surface area contributed by atoms with Crippen molar-refractivity contribution in [2.45, 2.75) is 98.3 Å². The van der Waals surface area contributed by atoms with Gasteiger partial charge in [0.05, 0.1) is 9.85 Å². The van der Waals surface area contributed by atoms with Gasteiger partial charge in [-0.15, -0.1) is 0 Å². The van der Waals surface area contributed by atoms with Crippen LogP contribution in [0.5, 0.6) is 0 Å². The molecule has 0 fully saturated rings. The quantitative estimate of drug-likeness (QED) is 0.107. The maximum absolute atomic E-state index is 11.6. The maximum Gasteiger partial charge on any atom is 0.292 e. The van der Waals surface area contributed by atoms with Crippen molar-refractivity contribution in [2.24, 2.45) is 5.41 Å². The molecule has 0 bridgehead atoms. The standard InChI is InChI=1S/C22H30N2O2.C18H21ClN2O2/c1-15(16-10-8-7-9-11-16)18-12-17(13-19(20(18)23)24(25)26)22(5,6)14-21(2,3)4;1-11(12-5-7-14(19)8-6-12)15-9-13(18(2,3)4)10-16(17(15)20)21(22)23/h7-13,15H,14,23H2,1-6H3;5-11H,20H2,1-4H3. The minimum Gasteiger partial charge on any atom is -0.393 e. The molecular formula is C40H51ClN4O4. The van der Waals surface area contributed by atoms with Gasteiger partial charge in [0, 0.05) is 29.0 Å². The Kier molecular flexibility index (Phi) is 11.9. The highest BCUT2D eigenvalue weighted by Crippen LogP contribution is 2.43. The van der Waals surface area contributed by atoms with Gasteiger partial charge in [0.25, 0.3) is 11.4 Å². The Morgan fingerprint density at radius 3 is 1.47 bits per heavy atom. The zero-order chi connectivity index (χ0) is 37.1. The van der Waals surface area contributed by atoms with E-state index in [1.807, 2.05) is 95.3 Å². The highest BCUT2D eigenvalue weighted by molar-refractivity contribution is 6.30. The fourth-order valence-electron chi connectivity index (χ4n) is 6.44. The molecule has 4 N–H and O–H groups in total. The van der Waals surface area contributed by atoms with E-state index in [0.29, 0.717) is 5.02 Å². The molecule has 0 heterocycles. The van der Waals surface area contributed by atoms with E-state index in [2.05, 4.69) is 40.7 Å². The summed E-state index contributed by atoms with van der Waals surface area (Å²) in [7, 11) is 0. The molecule has 4 rings (SSSR count). The summed E-state index contributed by atoms with van der Waals surface area (Å²) in [6.07, 6.45) is 0.917. The lowest BCUT2D eigenvalue weighted by atomic mass is 9.71. The van der Waals surface area contributed by atoms with E-state index in [1.165, 1.54) is 0 Å². The van der Waals surface area contributed by atoms with Crippen molar-refractivity contribution in [1.82, 2.24) is 0 Å². The summed E-state index contributed by atoms with van der Waals surface area (Å²) in [5, 5.41) is 23.6. The van der Waals surface area contributed by atoms with Crippen molar-refractivity contribution in [3.05, 3.63) is 137 Å². The minimum atomic E-state index is -0.414. The van der Waals surface area contributed by atoms with Gasteiger partial charge in [-0.3, -0.25) is 20.2 Å². The largest absolute Gasteiger partial charge is 0.393 e. The highest BCUT2D eigenvalue weighted by atomic mass is 35.5. The Bertz CT molecular complexity index is 1790. The number of benzene rings is 4. The summed E-state index contributed by atoms with van der Waals surface area (Å²) >= 11 is 5.93. The lowest BCUT2D eigenvalue weighted by Gasteiger charge is -2.33. The van der Waals surface area contributed by atoms with Gasteiger partial charge in [0.1, 0.15) is 11.4 Å². The van der Waals surface area contributed by atoms with Crippen molar-refractivity contribution in [3.8, 4) is 0 Å². The Labute approximate surface area is 296 Å². The van der Waals surface area contributed by atoms with Gasteiger partial charge in [0.2, 0.25) is 0 Å². The lowest BCUT2D eigenvalue weighted by Crippen LogP contribution is -2.25. The Morgan fingerprint density at radius 2 is 1.06 bits per heavy atom. The summed E-state index contributed by atoms with van der Waals surface area (Å²) in [5.41, 5.74) is 18.1. The van der Waals surface area contributed by atoms with Crippen molar-refractivity contribution in [3.63, 3.8) is 0 Å². The van der Waals surface area contributed by atoms with Crippen LogP contribution in [0.15, 0.2) is 78.9 Å². The number of halogens is 1. The highest BCUT2D eigenvalue weighted by Gasteiger charge is 2.31. The Balaban J connectivity index is 0.000000267. The van der Waals surface area contributed by atoms with Gasteiger partial charge in [-0.1, -0.05) is 135 Å². The average Bonchev–Trinajstić information content (AvgIpc) is 2.99. The summed E-state index contributed by atoms with van der Waals surface area (Å²) in [6.45, 7) is 21.0. The van der Waals surface area contributed by atoms with Crippen molar-refractivity contribution >= 4 is 34.4 Å². The lowest BCUT2D eigenvalue weighted by molar-refractivity contribution is -0.384. The zero-order valence-electron chi connectivity index (χ0n) is 30.4. The third-order valence-corrected chi connectivity index (χ3v) is 9.25. The first-order chi connectivity index (χ1) is 22.5. The smallest absolute Gasteiger partial charge is 0.292 e. The normalized spacial score (nSPS) is 13.2. The van der Waals surface area contributed by atoms with Crippen LogP contribution in [0.3, 0.4) is 0 Å². The van der Waals surface area contributed by atoms with Gasteiger partial charge in [-0.05, 0) is 68.2 Å². The van der Waals surface area contributed by atoms with Crippen LogP contribution >= 0.6 is 11.6 Å². The molecule has 8 nitrogen and oxygen atoms in total. The summed E-state index contributed by atoms with van der Waals surface area (Å²) < 4.78 is 0. The molecule has 2 atom stereocenters. The van der Waals surface area contributed by atoms with Gasteiger partial charge >= 0.3 is 0 Å². The predicted octanol–water partition coefficient (Wildman–Crippen LogP) is 11.3. The fraction of sp³-hybridized carbons (Fsp3) is 0.400. The van der Waals surface area contributed by atoms with Crippen LogP contribution in [0.4, 0.5) is 22.7 Å². The van der Waals surface area contributed by atoms with E-state index in [-0.39, 0.29) is 55.8 Å². The van der Waals surface area contributed by atoms with Gasteiger partial charge in [0.15, 0.2) is 0 Å². The van der Waals surface area contributed by atoms with Crippen LogP contribution < -0.4 is 11.5 Å². The van der Waals surface area contributed by atoms with E-state index in [4.69, 9.17) is 23.1 Å².